The van der Waals surface area contributed by atoms with E-state index in [4.69, 9.17) is 9.15 Å². The van der Waals surface area contributed by atoms with Gasteiger partial charge in [-0.05, 0) is 20.3 Å². The van der Waals surface area contributed by atoms with E-state index in [9.17, 15) is 9.90 Å². The molecule has 114 valence electrons. The average Bonchev–Trinajstić information content (AvgIpc) is 2.81. The third-order valence-electron chi connectivity index (χ3n) is 3.20. The highest BCUT2D eigenvalue weighted by atomic mass is 16.5. The Kier molecular flexibility index (Phi) is 4.74. The zero-order valence-corrected chi connectivity index (χ0v) is 12.3. The number of fused-ring (bicyclic) bond motifs is 1. The Morgan fingerprint density at radius 3 is 2.86 bits per heavy atom. The van der Waals surface area contributed by atoms with E-state index in [0.29, 0.717) is 34.7 Å². The number of esters is 1. The lowest BCUT2D eigenvalue weighted by Crippen LogP contribution is -2.23. The molecule has 0 aromatic carbocycles. The van der Waals surface area contributed by atoms with E-state index in [0.717, 1.165) is 0 Å². The summed E-state index contributed by atoms with van der Waals surface area (Å²) in [6.07, 6.45) is 2.07. The van der Waals surface area contributed by atoms with Gasteiger partial charge in [-0.1, -0.05) is 6.92 Å². The molecule has 2 aromatic rings. The Balaban J connectivity index is 2.53. The van der Waals surface area contributed by atoms with Crippen LogP contribution in [0.25, 0.3) is 11.1 Å². The summed E-state index contributed by atoms with van der Waals surface area (Å²) in [6, 6.07) is -0.159. The van der Waals surface area contributed by atoms with Gasteiger partial charge < -0.3 is 19.6 Å². The molecule has 0 aliphatic carbocycles. The molecular weight excluding hydrogens is 274 g/mol. The second-order valence-corrected chi connectivity index (χ2v) is 4.59. The summed E-state index contributed by atoms with van der Waals surface area (Å²) in [6.45, 7) is 5.60. The molecule has 0 saturated heterocycles. The quantitative estimate of drug-likeness (QED) is 0.785. The molecule has 0 aliphatic rings. The van der Waals surface area contributed by atoms with Gasteiger partial charge in [0, 0.05) is 0 Å². The van der Waals surface area contributed by atoms with Crippen molar-refractivity contribution in [1.82, 2.24) is 9.97 Å². The number of aryl methyl sites for hydroxylation is 1. The van der Waals surface area contributed by atoms with E-state index < -0.39 is 5.97 Å². The molecule has 1 atom stereocenters. The van der Waals surface area contributed by atoms with Gasteiger partial charge in [-0.25, -0.2) is 14.8 Å². The third kappa shape index (κ3) is 2.97. The number of aliphatic hydroxyl groups excluding tert-OH is 1. The summed E-state index contributed by atoms with van der Waals surface area (Å²) in [7, 11) is 0. The second kappa shape index (κ2) is 6.53. The van der Waals surface area contributed by atoms with Crippen LogP contribution in [0.4, 0.5) is 5.82 Å². The van der Waals surface area contributed by atoms with Crippen molar-refractivity contribution >= 4 is 22.9 Å². The number of nitrogens with zero attached hydrogens (tertiary/aromatic N) is 2. The highest BCUT2D eigenvalue weighted by molar-refractivity contribution is 6.07. The largest absolute Gasteiger partial charge is 0.462 e. The fraction of sp³-hybridized carbons (Fsp3) is 0.500. The van der Waals surface area contributed by atoms with E-state index >= 15 is 0 Å². The zero-order chi connectivity index (χ0) is 15.4. The highest BCUT2D eigenvalue weighted by Crippen LogP contribution is 2.30. The van der Waals surface area contributed by atoms with Crippen LogP contribution in [0.2, 0.25) is 0 Å². The number of nitrogens with one attached hydrogen (secondary N) is 1. The van der Waals surface area contributed by atoms with Crippen LogP contribution in [0.3, 0.4) is 0 Å². The van der Waals surface area contributed by atoms with Gasteiger partial charge in [0.25, 0.3) is 0 Å². The minimum Gasteiger partial charge on any atom is -0.462 e. The number of aromatic nitrogens is 2. The number of anilines is 1. The minimum atomic E-state index is -0.469. The summed E-state index contributed by atoms with van der Waals surface area (Å²) in [4.78, 5) is 20.3. The van der Waals surface area contributed by atoms with Crippen LogP contribution in [0.1, 0.15) is 36.4 Å². The first-order valence-corrected chi connectivity index (χ1v) is 6.90. The first-order chi connectivity index (χ1) is 10.1. The van der Waals surface area contributed by atoms with Crippen molar-refractivity contribution in [3.8, 4) is 0 Å². The molecule has 0 fully saturated rings. The van der Waals surface area contributed by atoms with Gasteiger partial charge in [0.05, 0.1) is 24.6 Å². The van der Waals surface area contributed by atoms with Crippen LogP contribution in [-0.4, -0.2) is 40.3 Å². The standard InChI is InChI=1S/C14H19N3O4/c1-4-9(6-18)17-12-11-10(14(19)20-5-2)8(3)21-13(11)16-7-15-12/h7,9,18H,4-6H2,1-3H3,(H,15,16,17)/t9-/m1/s1. The minimum absolute atomic E-state index is 0.0342. The Labute approximate surface area is 122 Å². The molecule has 2 rings (SSSR count). The number of carbonyl (C=O) groups is 1. The number of ether oxygens (including phenoxy) is 1. The summed E-state index contributed by atoms with van der Waals surface area (Å²) in [5, 5.41) is 12.9. The summed E-state index contributed by atoms with van der Waals surface area (Å²) in [5.41, 5.74) is 0.642. The van der Waals surface area contributed by atoms with Crippen molar-refractivity contribution in [2.24, 2.45) is 0 Å². The monoisotopic (exact) mass is 293 g/mol. The van der Waals surface area contributed by atoms with Crippen molar-refractivity contribution < 1.29 is 19.1 Å². The molecule has 0 aliphatic heterocycles. The fourth-order valence-corrected chi connectivity index (χ4v) is 2.07. The van der Waals surface area contributed by atoms with E-state index in [1.165, 1.54) is 6.33 Å². The SMILES string of the molecule is CCOC(=O)c1c(C)oc2ncnc(N[C@H](CC)CO)c12. The maximum Gasteiger partial charge on any atom is 0.342 e. The summed E-state index contributed by atoms with van der Waals surface area (Å²) in [5.74, 6) is 0.425. The van der Waals surface area contributed by atoms with Crippen molar-refractivity contribution in [1.29, 1.82) is 0 Å². The smallest absolute Gasteiger partial charge is 0.342 e. The van der Waals surface area contributed by atoms with Crippen LogP contribution >= 0.6 is 0 Å². The van der Waals surface area contributed by atoms with Crippen LogP contribution in [0.5, 0.6) is 0 Å². The lowest BCUT2D eigenvalue weighted by atomic mass is 10.1. The normalized spacial score (nSPS) is 12.4. The van der Waals surface area contributed by atoms with Gasteiger partial charge in [-0.3, -0.25) is 0 Å². The molecule has 0 amide bonds. The topological polar surface area (TPSA) is 97.5 Å². The van der Waals surface area contributed by atoms with Gasteiger partial charge in [0.1, 0.15) is 23.5 Å². The zero-order valence-electron chi connectivity index (χ0n) is 12.3. The number of hydrogen-bond acceptors (Lipinski definition) is 7. The average molecular weight is 293 g/mol. The molecule has 0 radical (unpaired) electrons. The van der Waals surface area contributed by atoms with Gasteiger partial charge in [0.15, 0.2) is 0 Å². The van der Waals surface area contributed by atoms with Crippen molar-refractivity contribution in [2.75, 3.05) is 18.5 Å². The number of aliphatic hydroxyl groups is 1. The van der Waals surface area contributed by atoms with Crippen molar-refractivity contribution in [2.45, 2.75) is 33.2 Å². The van der Waals surface area contributed by atoms with Crippen molar-refractivity contribution in [3.05, 3.63) is 17.7 Å². The van der Waals surface area contributed by atoms with E-state index in [-0.39, 0.29) is 19.3 Å². The molecule has 7 heteroatoms. The molecule has 0 spiro atoms. The Hall–Kier alpha value is -2.15. The molecule has 7 nitrogen and oxygen atoms in total. The van der Waals surface area contributed by atoms with E-state index in [1.54, 1.807) is 13.8 Å². The Bertz CT molecular complexity index is 634. The first kappa shape index (κ1) is 15.2. The van der Waals surface area contributed by atoms with Gasteiger partial charge in [0.2, 0.25) is 5.71 Å². The molecule has 21 heavy (non-hydrogen) atoms. The molecule has 2 aromatic heterocycles. The number of carbonyl (C=O) groups excluding carboxylic acids is 1. The molecule has 2 heterocycles. The van der Waals surface area contributed by atoms with Gasteiger partial charge in [-0.2, -0.15) is 0 Å². The fourth-order valence-electron chi connectivity index (χ4n) is 2.07. The lowest BCUT2D eigenvalue weighted by Gasteiger charge is -2.15. The molecule has 2 N–H and O–H groups in total. The lowest BCUT2D eigenvalue weighted by molar-refractivity contribution is 0.0526. The van der Waals surface area contributed by atoms with Crippen LogP contribution in [0, 0.1) is 6.92 Å². The van der Waals surface area contributed by atoms with Gasteiger partial charge >= 0.3 is 5.97 Å². The second-order valence-electron chi connectivity index (χ2n) is 4.59. The predicted molar refractivity (Wildman–Crippen MR) is 77.3 cm³/mol. The first-order valence-electron chi connectivity index (χ1n) is 6.90. The van der Waals surface area contributed by atoms with E-state index in [2.05, 4.69) is 15.3 Å². The maximum absolute atomic E-state index is 12.1. The Morgan fingerprint density at radius 1 is 1.48 bits per heavy atom. The molecular formula is C14H19N3O4. The number of rotatable bonds is 6. The summed E-state index contributed by atoms with van der Waals surface area (Å²) >= 11 is 0. The maximum atomic E-state index is 12.1. The van der Waals surface area contributed by atoms with Crippen LogP contribution in [0.15, 0.2) is 10.7 Å². The predicted octanol–water partition coefficient (Wildman–Crippen LogP) is 1.89. The van der Waals surface area contributed by atoms with Gasteiger partial charge in [-0.15, -0.1) is 0 Å². The number of hydrogen-bond donors (Lipinski definition) is 2. The third-order valence-corrected chi connectivity index (χ3v) is 3.20. The van der Waals surface area contributed by atoms with Crippen molar-refractivity contribution in [3.63, 3.8) is 0 Å². The summed E-state index contributed by atoms with van der Waals surface area (Å²) < 4.78 is 10.6. The molecule has 0 saturated carbocycles. The van der Waals surface area contributed by atoms with Crippen LogP contribution in [-0.2, 0) is 4.74 Å². The Morgan fingerprint density at radius 2 is 2.24 bits per heavy atom. The molecule has 0 bridgehead atoms. The van der Waals surface area contributed by atoms with Crippen LogP contribution < -0.4 is 5.32 Å². The highest BCUT2D eigenvalue weighted by Gasteiger charge is 2.24. The number of furan rings is 1. The van der Waals surface area contributed by atoms with E-state index in [1.807, 2.05) is 6.92 Å². The molecule has 0 unspecified atom stereocenters.